The molecule has 2 saturated heterocycles. The van der Waals surface area contributed by atoms with Gasteiger partial charge in [-0.2, -0.15) is 11.8 Å². The van der Waals surface area contributed by atoms with Gasteiger partial charge in [-0.15, -0.1) is 0 Å². The lowest BCUT2D eigenvalue weighted by Crippen LogP contribution is -2.53. The van der Waals surface area contributed by atoms with Gasteiger partial charge in [0.2, 0.25) is 5.91 Å². The van der Waals surface area contributed by atoms with Crippen LogP contribution in [-0.2, 0) is 15.3 Å². The lowest BCUT2D eigenvalue weighted by atomic mass is 10.0. The highest BCUT2D eigenvalue weighted by molar-refractivity contribution is 7.98. The maximum Gasteiger partial charge on any atom is 0.223 e. The molecule has 1 N–H and O–H groups in total. The summed E-state index contributed by atoms with van der Waals surface area (Å²) in [6.07, 6.45) is 2.90. The summed E-state index contributed by atoms with van der Waals surface area (Å²) in [6.45, 7) is 4.44. The van der Waals surface area contributed by atoms with E-state index in [4.69, 9.17) is 4.74 Å². The van der Waals surface area contributed by atoms with Crippen LogP contribution in [0.4, 0.5) is 0 Å². The van der Waals surface area contributed by atoms with Crippen molar-refractivity contribution in [2.75, 3.05) is 51.7 Å². The van der Waals surface area contributed by atoms with Crippen molar-refractivity contribution in [3.8, 4) is 0 Å². The SMILES string of the molecule is O=C(CCSCc1ccccc1)N1CCOCC(O)(CN2CCCC2)C1. The Balaban J connectivity index is 1.44. The van der Waals surface area contributed by atoms with Gasteiger partial charge in [-0.25, -0.2) is 0 Å². The van der Waals surface area contributed by atoms with E-state index in [0.29, 0.717) is 39.3 Å². The maximum atomic E-state index is 12.6. The molecule has 0 radical (unpaired) electrons. The van der Waals surface area contributed by atoms with Crippen LogP contribution in [0.3, 0.4) is 0 Å². The number of thioether (sulfide) groups is 1. The van der Waals surface area contributed by atoms with Gasteiger partial charge in [0.1, 0.15) is 5.60 Å². The number of ether oxygens (including phenoxy) is 1. The number of aliphatic hydroxyl groups is 1. The topological polar surface area (TPSA) is 53.0 Å². The molecule has 1 amide bonds. The first-order chi connectivity index (χ1) is 12.6. The highest BCUT2D eigenvalue weighted by Crippen LogP contribution is 2.19. The highest BCUT2D eigenvalue weighted by atomic mass is 32.2. The molecule has 144 valence electrons. The zero-order valence-electron chi connectivity index (χ0n) is 15.4. The van der Waals surface area contributed by atoms with Crippen molar-refractivity contribution in [2.24, 2.45) is 0 Å². The van der Waals surface area contributed by atoms with Gasteiger partial charge in [-0.3, -0.25) is 4.79 Å². The molecule has 0 aliphatic carbocycles. The van der Waals surface area contributed by atoms with Crippen LogP contribution in [0, 0.1) is 0 Å². The molecule has 5 nitrogen and oxygen atoms in total. The molecule has 0 saturated carbocycles. The Labute approximate surface area is 160 Å². The molecule has 3 rings (SSSR count). The third-order valence-electron chi connectivity index (χ3n) is 5.00. The van der Waals surface area contributed by atoms with Gasteiger partial charge in [-0.05, 0) is 31.5 Å². The number of benzene rings is 1. The average molecular weight is 379 g/mol. The lowest BCUT2D eigenvalue weighted by Gasteiger charge is -2.34. The van der Waals surface area contributed by atoms with Gasteiger partial charge < -0.3 is 19.6 Å². The molecule has 0 aromatic heterocycles. The molecule has 1 aromatic carbocycles. The van der Waals surface area contributed by atoms with E-state index in [1.807, 2.05) is 18.2 Å². The van der Waals surface area contributed by atoms with Crippen molar-refractivity contribution in [3.63, 3.8) is 0 Å². The van der Waals surface area contributed by atoms with Crippen molar-refractivity contribution >= 4 is 17.7 Å². The van der Waals surface area contributed by atoms with E-state index in [0.717, 1.165) is 24.6 Å². The van der Waals surface area contributed by atoms with Crippen LogP contribution < -0.4 is 0 Å². The fourth-order valence-electron chi connectivity index (χ4n) is 3.66. The van der Waals surface area contributed by atoms with E-state index in [9.17, 15) is 9.90 Å². The second-order valence-corrected chi connectivity index (χ2v) is 8.47. The van der Waals surface area contributed by atoms with Crippen molar-refractivity contribution < 1.29 is 14.6 Å². The molecule has 26 heavy (non-hydrogen) atoms. The van der Waals surface area contributed by atoms with Crippen LogP contribution in [0.1, 0.15) is 24.8 Å². The Kier molecular flexibility index (Phi) is 7.37. The van der Waals surface area contributed by atoms with Gasteiger partial charge >= 0.3 is 0 Å². The maximum absolute atomic E-state index is 12.6. The van der Waals surface area contributed by atoms with Crippen LogP contribution in [0.15, 0.2) is 30.3 Å². The van der Waals surface area contributed by atoms with E-state index < -0.39 is 5.60 Å². The molecule has 2 aliphatic rings. The van der Waals surface area contributed by atoms with Crippen molar-refractivity contribution in [3.05, 3.63) is 35.9 Å². The second kappa shape index (κ2) is 9.74. The smallest absolute Gasteiger partial charge is 0.223 e. The summed E-state index contributed by atoms with van der Waals surface area (Å²) in [6, 6.07) is 10.3. The summed E-state index contributed by atoms with van der Waals surface area (Å²) in [5, 5.41) is 11.0. The molecule has 2 aliphatic heterocycles. The number of hydrogen-bond acceptors (Lipinski definition) is 5. The van der Waals surface area contributed by atoms with Crippen LogP contribution in [0.5, 0.6) is 0 Å². The van der Waals surface area contributed by atoms with Gasteiger partial charge in [0.05, 0.1) is 19.8 Å². The van der Waals surface area contributed by atoms with Crippen LogP contribution in [-0.4, -0.2) is 78.1 Å². The minimum Gasteiger partial charge on any atom is -0.384 e. The summed E-state index contributed by atoms with van der Waals surface area (Å²) < 4.78 is 5.61. The minimum atomic E-state index is -0.951. The normalized spacial score (nSPS) is 24.6. The predicted molar refractivity (Wildman–Crippen MR) is 105 cm³/mol. The number of likely N-dealkylation sites (tertiary alicyclic amines) is 1. The third kappa shape index (κ3) is 5.98. The molecular formula is C20H30N2O3S. The number of amides is 1. The first-order valence-electron chi connectivity index (χ1n) is 9.57. The van der Waals surface area contributed by atoms with E-state index in [2.05, 4.69) is 17.0 Å². The number of nitrogens with zero attached hydrogens (tertiary/aromatic N) is 2. The van der Waals surface area contributed by atoms with Crippen LogP contribution in [0.25, 0.3) is 0 Å². The summed E-state index contributed by atoms with van der Waals surface area (Å²) in [5.41, 5.74) is 0.335. The zero-order valence-corrected chi connectivity index (χ0v) is 16.3. The molecule has 1 aromatic rings. The molecular weight excluding hydrogens is 348 g/mol. The monoisotopic (exact) mass is 378 g/mol. The van der Waals surface area contributed by atoms with Gasteiger partial charge in [-0.1, -0.05) is 30.3 Å². The van der Waals surface area contributed by atoms with Gasteiger partial charge in [0.15, 0.2) is 0 Å². The summed E-state index contributed by atoms with van der Waals surface area (Å²) in [5.74, 6) is 1.85. The summed E-state index contributed by atoms with van der Waals surface area (Å²) in [7, 11) is 0. The number of rotatable bonds is 7. The number of hydrogen-bond donors (Lipinski definition) is 1. The molecule has 2 heterocycles. The van der Waals surface area contributed by atoms with Crippen LogP contribution in [0.2, 0.25) is 0 Å². The Morgan fingerprint density at radius 1 is 1.19 bits per heavy atom. The number of β-amino-alcohol motifs (C(OH)–C–C–N with tert-alkyl or cyclic N) is 1. The van der Waals surface area contributed by atoms with E-state index in [1.165, 1.54) is 18.4 Å². The molecule has 2 fully saturated rings. The quantitative estimate of drug-likeness (QED) is 0.736. The summed E-state index contributed by atoms with van der Waals surface area (Å²) in [4.78, 5) is 16.7. The zero-order chi connectivity index (χ0) is 18.2. The highest BCUT2D eigenvalue weighted by Gasteiger charge is 2.36. The Hall–Kier alpha value is -1.08. The Bertz CT molecular complexity index is 565. The first kappa shape index (κ1) is 19.7. The summed E-state index contributed by atoms with van der Waals surface area (Å²) >= 11 is 1.78. The van der Waals surface area contributed by atoms with Crippen LogP contribution >= 0.6 is 11.8 Å². The van der Waals surface area contributed by atoms with E-state index in [-0.39, 0.29) is 5.91 Å². The Morgan fingerprint density at radius 3 is 2.73 bits per heavy atom. The molecule has 1 atom stereocenters. The van der Waals surface area contributed by atoms with Crippen molar-refractivity contribution in [1.29, 1.82) is 0 Å². The molecule has 1 unspecified atom stereocenters. The van der Waals surface area contributed by atoms with E-state index in [1.54, 1.807) is 16.7 Å². The molecule has 6 heteroatoms. The number of carbonyl (C=O) groups is 1. The largest absolute Gasteiger partial charge is 0.384 e. The third-order valence-corrected chi connectivity index (χ3v) is 6.03. The van der Waals surface area contributed by atoms with Gasteiger partial charge in [0, 0.05) is 31.0 Å². The fraction of sp³-hybridized carbons (Fsp3) is 0.650. The second-order valence-electron chi connectivity index (χ2n) is 7.36. The van der Waals surface area contributed by atoms with E-state index >= 15 is 0 Å². The predicted octanol–water partition coefficient (Wildman–Crippen LogP) is 2.00. The lowest BCUT2D eigenvalue weighted by molar-refractivity contribution is -0.134. The Morgan fingerprint density at radius 2 is 1.96 bits per heavy atom. The fourth-order valence-corrected chi connectivity index (χ4v) is 4.56. The first-order valence-corrected chi connectivity index (χ1v) is 10.7. The molecule has 0 bridgehead atoms. The average Bonchev–Trinajstić information content (AvgIpc) is 3.06. The molecule has 0 spiro atoms. The number of carbonyl (C=O) groups excluding carboxylic acids is 1. The minimum absolute atomic E-state index is 0.121. The standard InChI is InChI=1S/C20H30N2O3S/c23-19(8-13-26-14-18-6-2-1-3-7-18)22-11-12-25-17-20(24,16-22)15-21-9-4-5-10-21/h1-3,6-7,24H,4-5,8-17H2. The van der Waals surface area contributed by atoms with Crippen molar-refractivity contribution in [2.45, 2.75) is 30.6 Å². The van der Waals surface area contributed by atoms with Gasteiger partial charge in [0.25, 0.3) is 0 Å². The van der Waals surface area contributed by atoms with Crippen molar-refractivity contribution in [1.82, 2.24) is 9.80 Å².